The molecule has 0 aliphatic carbocycles. The third-order valence-corrected chi connectivity index (χ3v) is 8.12. The van der Waals surface area contributed by atoms with E-state index in [2.05, 4.69) is 18.7 Å². The molecule has 0 heterocycles. The van der Waals surface area contributed by atoms with Gasteiger partial charge in [0.1, 0.15) is 0 Å². The van der Waals surface area contributed by atoms with E-state index in [4.69, 9.17) is 18.9 Å². The Morgan fingerprint density at radius 3 is 1.42 bits per heavy atom. The van der Waals surface area contributed by atoms with E-state index in [1.165, 1.54) is 25.7 Å². The van der Waals surface area contributed by atoms with Gasteiger partial charge < -0.3 is 23.8 Å². The molecule has 0 amide bonds. The summed E-state index contributed by atoms with van der Waals surface area (Å²) in [5.74, 6) is 0.0664. The van der Waals surface area contributed by atoms with Crippen LogP contribution in [0, 0.1) is 5.92 Å². The Morgan fingerprint density at radius 1 is 0.489 bits per heavy atom. The van der Waals surface area contributed by atoms with E-state index < -0.39 is 0 Å². The lowest BCUT2D eigenvalue weighted by Crippen LogP contribution is -2.20. The second kappa shape index (κ2) is 33.7. The second-order valence-electron chi connectivity index (χ2n) is 12.9. The monoisotopic (exact) mass is 642 g/mol. The average molecular weight is 642 g/mol. The molecule has 0 rings (SSSR count). The first-order chi connectivity index (χ1) is 21.9. The van der Waals surface area contributed by atoms with Gasteiger partial charge in [-0.3, -0.25) is 14.4 Å². The van der Waals surface area contributed by atoms with Crippen molar-refractivity contribution >= 4 is 17.9 Å². The molecule has 0 aromatic carbocycles. The van der Waals surface area contributed by atoms with Crippen LogP contribution in [-0.2, 0) is 33.3 Å². The molecule has 0 radical (unpaired) electrons. The first-order valence-electron chi connectivity index (χ1n) is 18.6. The fourth-order valence-electron chi connectivity index (χ4n) is 5.14. The zero-order valence-electron chi connectivity index (χ0n) is 29.9. The van der Waals surface area contributed by atoms with Gasteiger partial charge in [-0.25, -0.2) is 0 Å². The van der Waals surface area contributed by atoms with Crippen LogP contribution in [0.4, 0.5) is 0 Å². The zero-order valence-corrected chi connectivity index (χ0v) is 29.9. The maximum Gasteiger partial charge on any atom is 0.308 e. The lowest BCUT2D eigenvalue weighted by molar-refractivity contribution is -0.146. The van der Waals surface area contributed by atoms with Gasteiger partial charge in [-0.15, -0.1) is 0 Å². The summed E-state index contributed by atoms with van der Waals surface area (Å²) < 4.78 is 21.9. The molecule has 266 valence electrons. The first kappa shape index (κ1) is 43.3. The third kappa shape index (κ3) is 33.5. The molecule has 0 saturated heterocycles. The van der Waals surface area contributed by atoms with Crippen LogP contribution in [0.25, 0.3) is 0 Å². The molecule has 8 nitrogen and oxygen atoms in total. The number of esters is 3. The van der Waals surface area contributed by atoms with Crippen molar-refractivity contribution in [2.24, 2.45) is 5.92 Å². The van der Waals surface area contributed by atoms with Crippen molar-refractivity contribution in [2.75, 3.05) is 53.7 Å². The van der Waals surface area contributed by atoms with Gasteiger partial charge in [0, 0.05) is 19.4 Å². The quantitative estimate of drug-likeness (QED) is 0.0391. The molecule has 0 spiro atoms. The van der Waals surface area contributed by atoms with Gasteiger partial charge in [-0.05, 0) is 58.5 Å². The molecule has 0 aliphatic rings. The number of likely N-dealkylation sites (N-methyl/N-ethyl adjacent to an activating group) is 1. The van der Waals surface area contributed by atoms with Crippen LogP contribution < -0.4 is 0 Å². The third-order valence-electron chi connectivity index (χ3n) is 8.12. The second-order valence-corrected chi connectivity index (χ2v) is 12.9. The molecule has 0 aromatic heterocycles. The Balaban J connectivity index is 4.18. The van der Waals surface area contributed by atoms with Crippen molar-refractivity contribution in [2.45, 2.75) is 162 Å². The number of ether oxygens (including phenoxy) is 4. The summed E-state index contributed by atoms with van der Waals surface area (Å²) in [4.78, 5) is 38.1. The summed E-state index contributed by atoms with van der Waals surface area (Å²) in [5.41, 5.74) is 0. The molecule has 45 heavy (non-hydrogen) atoms. The average Bonchev–Trinajstić information content (AvgIpc) is 3.01. The highest BCUT2D eigenvalue weighted by atomic mass is 16.5. The maximum absolute atomic E-state index is 12.3. The van der Waals surface area contributed by atoms with Crippen molar-refractivity contribution < 1.29 is 33.3 Å². The van der Waals surface area contributed by atoms with E-state index in [0.29, 0.717) is 58.2 Å². The van der Waals surface area contributed by atoms with Gasteiger partial charge in [0.05, 0.1) is 39.5 Å². The summed E-state index contributed by atoms with van der Waals surface area (Å²) in [6.45, 7) is 7.80. The lowest BCUT2D eigenvalue weighted by Gasteiger charge is -2.17. The number of unbranched alkanes of at least 4 members (excludes halogenated alkanes) is 14. The van der Waals surface area contributed by atoms with Crippen LogP contribution in [0.5, 0.6) is 0 Å². The standard InChI is InChI=1S/C37H71NO7/c1-5-7-9-21-29-43-35(39)25-19-15-11-13-17-23-34(33-45-37(41)27-31-42-32-28-38(3)4)24-18-14-12-16-20-26-36(40)44-30-22-10-8-6-2/h34H,5-33H2,1-4H3. The number of rotatable bonds is 34. The SMILES string of the molecule is CCCCCCOC(=O)CCCCCCCC(CCCCCCCC(=O)OCCCCCC)COC(=O)CCOCCN(C)C. The van der Waals surface area contributed by atoms with E-state index in [9.17, 15) is 14.4 Å². The molecule has 0 N–H and O–H groups in total. The number of carbonyl (C=O) groups excluding carboxylic acids is 3. The van der Waals surface area contributed by atoms with Gasteiger partial charge in [-0.2, -0.15) is 0 Å². The molecule has 0 saturated carbocycles. The van der Waals surface area contributed by atoms with Crippen LogP contribution >= 0.6 is 0 Å². The fraction of sp³-hybridized carbons (Fsp3) is 0.919. The van der Waals surface area contributed by atoms with Crippen LogP contribution in [-0.4, -0.2) is 76.5 Å². The Morgan fingerprint density at radius 2 is 0.933 bits per heavy atom. The Hall–Kier alpha value is -1.67. The summed E-state index contributed by atoms with van der Waals surface area (Å²) in [5, 5.41) is 0. The van der Waals surface area contributed by atoms with Crippen LogP contribution in [0.3, 0.4) is 0 Å². The normalized spacial score (nSPS) is 11.3. The topological polar surface area (TPSA) is 91.4 Å². The molecule has 0 aliphatic heterocycles. The van der Waals surface area contributed by atoms with Crippen molar-refractivity contribution in [1.82, 2.24) is 4.90 Å². The molecular formula is C37H71NO7. The highest BCUT2D eigenvalue weighted by Gasteiger charge is 2.13. The van der Waals surface area contributed by atoms with Gasteiger partial charge in [0.2, 0.25) is 0 Å². The number of carbonyl (C=O) groups is 3. The minimum absolute atomic E-state index is 0.0609. The Kier molecular flexibility index (Phi) is 32.4. The fourth-order valence-corrected chi connectivity index (χ4v) is 5.14. The summed E-state index contributed by atoms with van der Waals surface area (Å²) in [6.07, 6.45) is 23.0. The molecule has 8 heteroatoms. The van der Waals surface area contributed by atoms with Crippen molar-refractivity contribution in [3.8, 4) is 0 Å². The van der Waals surface area contributed by atoms with E-state index in [1.807, 2.05) is 14.1 Å². The van der Waals surface area contributed by atoms with Crippen molar-refractivity contribution in [1.29, 1.82) is 0 Å². The van der Waals surface area contributed by atoms with Crippen LogP contribution in [0.15, 0.2) is 0 Å². The van der Waals surface area contributed by atoms with E-state index in [-0.39, 0.29) is 17.9 Å². The van der Waals surface area contributed by atoms with Crippen LogP contribution in [0.2, 0.25) is 0 Å². The largest absolute Gasteiger partial charge is 0.466 e. The van der Waals surface area contributed by atoms with E-state index in [0.717, 1.165) is 109 Å². The van der Waals surface area contributed by atoms with E-state index >= 15 is 0 Å². The molecule has 0 bridgehead atoms. The highest BCUT2D eigenvalue weighted by Crippen LogP contribution is 2.20. The van der Waals surface area contributed by atoms with Gasteiger partial charge in [-0.1, -0.05) is 104 Å². The van der Waals surface area contributed by atoms with Gasteiger partial charge >= 0.3 is 17.9 Å². The van der Waals surface area contributed by atoms with Gasteiger partial charge in [0.25, 0.3) is 0 Å². The van der Waals surface area contributed by atoms with Crippen LogP contribution in [0.1, 0.15) is 162 Å². The Bertz CT molecular complexity index is 646. The predicted molar refractivity (Wildman–Crippen MR) is 183 cm³/mol. The number of nitrogens with zero attached hydrogens (tertiary/aromatic N) is 1. The summed E-state index contributed by atoms with van der Waals surface area (Å²) >= 11 is 0. The summed E-state index contributed by atoms with van der Waals surface area (Å²) in [6, 6.07) is 0. The lowest BCUT2D eigenvalue weighted by atomic mass is 9.94. The zero-order chi connectivity index (χ0) is 33.2. The number of hydrogen-bond acceptors (Lipinski definition) is 8. The number of hydrogen-bond donors (Lipinski definition) is 0. The minimum atomic E-state index is -0.181. The smallest absolute Gasteiger partial charge is 0.308 e. The van der Waals surface area contributed by atoms with Crippen molar-refractivity contribution in [3.63, 3.8) is 0 Å². The van der Waals surface area contributed by atoms with E-state index in [1.54, 1.807) is 0 Å². The van der Waals surface area contributed by atoms with Gasteiger partial charge in [0.15, 0.2) is 0 Å². The molecule has 0 unspecified atom stereocenters. The molecule has 0 aromatic rings. The Labute approximate surface area is 277 Å². The highest BCUT2D eigenvalue weighted by molar-refractivity contribution is 5.69. The molecule has 0 fully saturated rings. The van der Waals surface area contributed by atoms with Crippen molar-refractivity contribution in [3.05, 3.63) is 0 Å². The summed E-state index contributed by atoms with van der Waals surface area (Å²) in [7, 11) is 4.00. The maximum atomic E-state index is 12.3. The predicted octanol–water partition coefficient (Wildman–Crippen LogP) is 8.82. The molecular weight excluding hydrogens is 570 g/mol. The first-order valence-corrected chi connectivity index (χ1v) is 18.6. The minimum Gasteiger partial charge on any atom is -0.466 e. The molecule has 0 atom stereocenters.